The van der Waals surface area contributed by atoms with Gasteiger partial charge in [-0.2, -0.15) is 0 Å². The zero-order valence-electron chi connectivity index (χ0n) is 12.1. The summed E-state index contributed by atoms with van der Waals surface area (Å²) in [6.45, 7) is 5.17. The number of nitrogens with one attached hydrogen (secondary N) is 1. The van der Waals surface area contributed by atoms with Gasteiger partial charge in [0.05, 0.1) is 15.4 Å². The van der Waals surface area contributed by atoms with Gasteiger partial charge in [-0.1, -0.05) is 13.8 Å². The van der Waals surface area contributed by atoms with Crippen molar-refractivity contribution in [2.45, 2.75) is 39.7 Å². The van der Waals surface area contributed by atoms with Crippen LogP contribution in [-0.4, -0.2) is 22.2 Å². The second kappa shape index (κ2) is 6.78. The molecule has 0 aliphatic rings. The molecule has 0 spiro atoms. The van der Waals surface area contributed by atoms with Gasteiger partial charge in [0.1, 0.15) is 0 Å². The minimum Gasteiger partial charge on any atom is -0.371 e. The van der Waals surface area contributed by atoms with Crippen molar-refractivity contribution in [2.24, 2.45) is 0 Å². The number of nitro groups is 2. The molecule has 0 saturated carbocycles. The van der Waals surface area contributed by atoms with Gasteiger partial charge in [0.15, 0.2) is 12.0 Å². The van der Waals surface area contributed by atoms with E-state index in [0.717, 1.165) is 0 Å². The average molecular weight is 295 g/mol. The van der Waals surface area contributed by atoms with Gasteiger partial charge in [0.25, 0.3) is 5.69 Å². The topological polar surface area (TPSA) is 115 Å². The molecule has 0 bridgehead atoms. The third-order valence-electron chi connectivity index (χ3n) is 3.36. The van der Waals surface area contributed by atoms with Crippen molar-refractivity contribution in [3.8, 4) is 0 Å². The van der Waals surface area contributed by atoms with Crippen LogP contribution in [0.1, 0.15) is 42.6 Å². The molecule has 114 valence electrons. The van der Waals surface area contributed by atoms with E-state index in [0.29, 0.717) is 19.1 Å². The number of carbonyl (C=O) groups is 1. The van der Waals surface area contributed by atoms with E-state index in [2.05, 4.69) is 5.32 Å². The summed E-state index contributed by atoms with van der Waals surface area (Å²) >= 11 is 0. The summed E-state index contributed by atoms with van der Waals surface area (Å²) in [6.07, 6.45) is 1.65. The number of nitro benzene ring substituents is 2. The van der Waals surface area contributed by atoms with Gasteiger partial charge in [-0.3, -0.25) is 25.0 Å². The molecule has 0 unspecified atom stereocenters. The molecule has 8 nitrogen and oxygen atoms in total. The standard InChI is InChI=1S/C13H17N3O5/c1-4-9(5-2)14-12-11(15(18)19)6-8(3)10(7-17)13(12)16(20)21/h6-7,9,14H,4-5H2,1-3H3. The Morgan fingerprint density at radius 2 is 1.81 bits per heavy atom. The lowest BCUT2D eigenvalue weighted by molar-refractivity contribution is -0.392. The van der Waals surface area contributed by atoms with Crippen molar-refractivity contribution >= 4 is 23.3 Å². The molecule has 0 aliphatic carbocycles. The first-order valence-corrected chi connectivity index (χ1v) is 6.55. The van der Waals surface area contributed by atoms with Crippen molar-refractivity contribution in [2.75, 3.05) is 5.32 Å². The molecule has 8 heteroatoms. The summed E-state index contributed by atoms with van der Waals surface area (Å²) in [5.74, 6) is 0. The fourth-order valence-electron chi connectivity index (χ4n) is 2.12. The predicted octanol–water partition coefficient (Wildman–Crippen LogP) is 3.22. The van der Waals surface area contributed by atoms with E-state index >= 15 is 0 Å². The molecule has 0 aromatic heterocycles. The van der Waals surface area contributed by atoms with Crippen molar-refractivity contribution in [1.82, 2.24) is 0 Å². The van der Waals surface area contributed by atoms with Crippen LogP contribution in [0, 0.1) is 27.2 Å². The van der Waals surface area contributed by atoms with Crippen LogP contribution < -0.4 is 5.32 Å². The summed E-state index contributed by atoms with van der Waals surface area (Å²) < 4.78 is 0. The minimum absolute atomic E-state index is 0.140. The lowest BCUT2D eigenvalue weighted by Gasteiger charge is -2.17. The molecule has 1 N–H and O–H groups in total. The van der Waals surface area contributed by atoms with Crippen LogP contribution in [0.25, 0.3) is 0 Å². The lowest BCUT2D eigenvalue weighted by Crippen LogP contribution is -2.19. The van der Waals surface area contributed by atoms with E-state index < -0.39 is 21.2 Å². The highest BCUT2D eigenvalue weighted by atomic mass is 16.6. The molecule has 0 amide bonds. The van der Waals surface area contributed by atoms with E-state index in [9.17, 15) is 25.0 Å². The molecular weight excluding hydrogens is 278 g/mol. The first-order valence-electron chi connectivity index (χ1n) is 6.55. The van der Waals surface area contributed by atoms with Gasteiger partial charge >= 0.3 is 5.69 Å². The van der Waals surface area contributed by atoms with Gasteiger partial charge in [-0.15, -0.1) is 0 Å². The maximum absolute atomic E-state index is 11.3. The fourth-order valence-corrected chi connectivity index (χ4v) is 2.12. The Kier molecular flexibility index (Phi) is 5.34. The van der Waals surface area contributed by atoms with E-state index in [1.807, 2.05) is 13.8 Å². The maximum Gasteiger partial charge on any atom is 0.310 e. The molecule has 0 radical (unpaired) electrons. The van der Waals surface area contributed by atoms with Crippen molar-refractivity contribution in [3.63, 3.8) is 0 Å². The van der Waals surface area contributed by atoms with E-state index in [4.69, 9.17) is 0 Å². The molecule has 1 aromatic rings. The summed E-state index contributed by atoms with van der Waals surface area (Å²) in [6, 6.07) is 1.03. The smallest absolute Gasteiger partial charge is 0.310 e. The SMILES string of the molecule is CCC(CC)Nc1c([N+](=O)[O-])cc(C)c(C=O)c1[N+](=O)[O-]. The first kappa shape index (κ1) is 16.5. The number of aldehydes is 1. The third-order valence-corrected chi connectivity index (χ3v) is 3.36. The zero-order valence-corrected chi connectivity index (χ0v) is 12.1. The number of nitrogens with zero attached hydrogens (tertiary/aromatic N) is 2. The van der Waals surface area contributed by atoms with Gasteiger partial charge < -0.3 is 5.32 Å². The second-order valence-corrected chi connectivity index (χ2v) is 4.64. The lowest BCUT2D eigenvalue weighted by atomic mass is 10.0. The van der Waals surface area contributed by atoms with E-state index in [1.165, 1.54) is 13.0 Å². The van der Waals surface area contributed by atoms with Crippen LogP contribution in [0.15, 0.2) is 6.07 Å². The van der Waals surface area contributed by atoms with Gasteiger partial charge in [0.2, 0.25) is 0 Å². The first-order chi connectivity index (χ1) is 9.87. The third kappa shape index (κ3) is 3.33. The van der Waals surface area contributed by atoms with Crippen LogP contribution in [0.2, 0.25) is 0 Å². The highest BCUT2D eigenvalue weighted by Crippen LogP contribution is 2.39. The fraction of sp³-hybridized carbons (Fsp3) is 0.462. The normalized spacial score (nSPS) is 10.5. The molecule has 1 aromatic carbocycles. The number of anilines is 1. The summed E-state index contributed by atoms with van der Waals surface area (Å²) in [4.78, 5) is 32.1. The molecule has 0 heterocycles. The van der Waals surface area contributed by atoms with Crippen LogP contribution >= 0.6 is 0 Å². The van der Waals surface area contributed by atoms with Crippen molar-refractivity contribution < 1.29 is 14.6 Å². The molecule has 0 saturated heterocycles. The van der Waals surface area contributed by atoms with Crippen molar-refractivity contribution in [1.29, 1.82) is 0 Å². The average Bonchev–Trinajstić information content (AvgIpc) is 2.44. The Labute approximate surface area is 121 Å². The summed E-state index contributed by atoms with van der Waals surface area (Å²) in [7, 11) is 0. The quantitative estimate of drug-likeness (QED) is 0.469. The highest BCUT2D eigenvalue weighted by molar-refractivity contribution is 5.92. The molecule has 0 atom stereocenters. The number of benzene rings is 1. The Bertz CT molecular complexity index is 582. The molecular formula is C13H17N3O5. The monoisotopic (exact) mass is 295 g/mol. The van der Waals surface area contributed by atoms with Crippen LogP contribution in [0.5, 0.6) is 0 Å². The molecule has 0 fully saturated rings. The number of carbonyl (C=O) groups excluding carboxylic acids is 1. The Hall–Kier alpha value is -2.51. The number of rotatable bonds is 7. The Morgan fingerprint density at radius 3 is 2.19 bits per heavy atom. The summed E-state index contributed by atoms with van der Waals surface area (Å²) in [5.41, 5.74) is -1.07. The second-order valence-electron chi connectivity index (χ2n) is 4.64. The Morgan fingerprint density at radius 1 is 1.24 bits per heavy atom. The number of hydrogen-bond donors (Lipinski definition) is 1. The molecule has 21 heavy (non-hydrogen) atoms. The van der Waals surface area contributed by atoms with Crippen molar-refractivity contribution in [3.05, 3.63) is 37.4 Å². The zero-order chi connectivity index (χ0) is 16.2. The van der Waals surface area contributed by atoms with Gasteiger partial charge in [-0.05, 0) is 25.3 Å². The predicted molar refractivity (Wildman–Crippen MR) is 77.9 cm³/mol. The minimum atomic E-state index is -0.756. The van der Waals surface area contributed by atoms with E-state index in [-0.39, 0.29) is 22.9 Å². The van der Waals surface area contributed by atoms with Crippen LogP contribution in [0.3, 0.4) is 0 Å². The number of hydrogen-bond acceptors (Lipinski definition) is 6. The van der Waals surface area contributed by atoms with E-state index in [1.54, 1.807) is 0 Å². The van der Waals surface area contributed by atoms with Crippen LogP contribution in [0.4, 0.5) is 17.1 Å². The maximum atomic E-state index is 11.3. The number of aryl methyl sites for hydroxylation is 1. The van der Waals surface area contributed by atoms with Crippen LogP contribution in [-0.2, 0) is 0 Å². The van der Waals surface area contributed by atoms with Gasteiger partial charge in [-0.25, -0.2) is 0 Å². The Balaban J connectivity index is 3.65. The summed E-state index contributed by atoms with van der Waals surface area (Å²) in [5, 5.41) is 25.3. The highest BCUT2D eigenvalue weighted by Gasteiger charge is 2.31. The van der Waals surface area contributed by atoms with Gasteiger partial charge in [0, 0.05) is 12.1 Å². The molecule has 0 aliphatic heterocycles. The molecule has 1 rings (SSSR count). The largest absolute Gasteiger partial charge is 0.371 e.